The topological polar surface area (TPSA) is 87.8 Å². The summed E-state index contributed by atoms with van der Waals surface area (Å²) >= 11 is 1.39. The van der Waals surface area contributed by atoms with Gasteiger partial charge < -0.3 is 9.52 Å². The van der Waals surface area contributed by atoms with Crippen molar-refractivity contribution in [2.45, 2.75) is 24.0 Å². The molecule has 0 radical (unpaired) electrons. The molecule has 0 saturated heterocycles. The fourth-order valence-corrected chi connectivity index (χ4v) is 3.27. The standard InChI is InChI=1S/C11H17NO5S2/c1-8-10(19(15,16)12(2)3)6-9(17-8)7-18-5-4-11(13)14/h6H,4-5,7H2,1-3H3,(H,13,14). The Balaban J connectivity index is 2.72. The van der Waals surface area contributed by atoms with Gasteiger partial charge in [0, 0.05) is 25.9 Å². The van der Waals surface area contributed by atoms with Gasteiger partial charge >= 0.3 is 5.97 Å². The molecule has 1 heterocycles. The van der Waals surface area contributed by atoms with Crippen molar-refractivity contribution in [3.05, 3.63) is 17.6 Å². The van der Waals surface area contributed by atoms with Crippen LogP contribution in [0, 0.1) is 6.92 Å². The van der Waals surface area contributed by atoms with Gasteiger partial charge in [-0.25, -0.2) is 12.7 Å². The molecule has 0 aliphatic rings. The highest BCUT2D eigenvalue weighted by Crippen LogP contribution is 2.25. The quantitative estimate of drug-likeness (QED) is 0.769. The van der Waals surface area contributed by atoms with Gasteiger partial charge in [-0.1, -0.05) is 0 Å². The molecule has 1 aromatic heterocycles. The number of hydrogen-bond donors (Lipinski definition) is 1. The van der Waals surface area contributed by atoms with Crippen molar-refractivity contribution in [1.82, 2.24) is 4.31 Å². The first-order valence-corrected chi connectivity index (χ1v) is 8.16. The first-order chi connectivity index (χ1) is 8.75. The molecule has 19 heavy (non-hydrogen) atoms. The number of furan rings is 1. The number of nitrogens with zero attached hydrogens (tertiary/aromatic N) is 1. The van der Waals surface area contributed by atoms with Crippen LogP contribution < -0.4 is 0 Å². The normalized spacial score (nSPS) is 12.0. The fourth-order valence-electron chi connectivity index (χ4n) is 1.38. The molecule has 0 aliphatic carbocycles. The molecule has 0 bridgehead atoms. The maximum Gasteiger partial charge on any atom is 0.304 e. The Morgan fingerprint density at radius 3 is 2.63 bits per heavy atom. The monoisotopic (exact) mass is 307 g/mol. The Labute approximate surface area is 116 Å². The van der Waals surface area contributed by atoms with Gasteiger partial charge in [0.05, 0.1) is 12.2 Å². The van der Waals surface area contributed by atoms with E-state index in [0.29, 0.717) is 23.0 Å². The van der Waals surface area contributed by atoms with Crippen molar-refractivity contribution in [1.29, 1.82) is 0 Å². The van der Waals surface area contributed by atoms with Crippen LogP contribution in [0.5, 0.6) is 0 Å². The molecule has 1 aromatic rings. The maximum atomic E-state index is 12.0. The van der Waals surface area contributed by atoms with E-state index in [1.54, 1.807) is 6.92 Å². The number of sulfonamides is 1. The van der Waals surface area contributed by atoms with Crippen LogP contribution >= 0.6 is 11.8 Å². The molecule has 1 N–H and O–H groups in total. The summed E-state index contributed by atoms with van der Waals surface area (Å²) in [4.78, 5) is 10.5. The van der Waals surface area contributed by atoms with Gasteiger partial charge in [-0.2, -0.15) is 11.8 Å². The first kappa shape index (κ1) is 16.1. The SMILES string of the molecule is Cc1oc(CSCCC(=O)O)cc1S(=O)(=O)N(C)C. The zero-order valence-corrected chi connectivity index (χ0v) is 12.7. The molecule has 6 nitrogen and oxygen atoms in total. The van der Waals surface area contributed by atoms with E-state index in [4.69, 9.17) is 9.52 Å². The van der Waals surface area contributed by atoms with Gasteiger partial charge in [-0.15, -0.1) is 0 Å². The zero-order valence-electron chi connectivity index (χ0n) is 11.0. The molecular formula is C11H17NO5S2. The Morgan fingerprint density at radius 1 is 1.47 bits per heavy atom. The van der Waals surface area contributed by atoms with Crippen molar-refractivity contribution in [3.63, 3.8) is 0 Å². The molecule has 0 aromatic carbocycles. The lowest BCUT2D eigenvalue weighted by Gasteiger charge is -2.09. The molecule has 0 atom stereocenters. The Kier molecular flexibility index (Phi) is 5.45. The van der Waals surface area contributed by atoms with E-state index in [1.807, 2.05) is 0 Å². The minimum Gasteiger partial charge on any atom is -0.481 e. The van der Waals surface area contributed by atoms with Gasteiger partial charge in [0.2, 0.25) is 10.0 Å². The van der Waals surface area contributed by atoms with E-state index >= 15 is 0 Å². The lowest BCUT2D eigenvalue weighted by molar-refractivity contribution is -0.136. The number of aryl methyl sites for hydroxylation is 1. The predicted molar refractivity (Wildman–Crippen MR) is 72.7 cm³/mol. The summed E-state index contributed by atoms with van der Waals surface area (Å²) in [6, 6.07) is 1.50. The number of aliphatic carboxylic acids is 1. The number of carbonyl (C=O) groups is 1. The van der Waals surface area contributed by atoms with Gasteiger partial charge in [0.15, 0.2) is 0 Å². The maximum absolute atomic E-state index is 12.0. The summed E-state index contributed by atoms with van der Waals surface area (Å²) in [6.45, 7) is 1.60. The summed E-state index contributed by atoms with van der Waals surface area (Å²) in [5.41, 5.74) is 0. The summed E-state index contributed by atoms with van der Waals surface area (Å²) in [5, 5.41) is 8.51. The molecular weight excluding hydrogens is 290 g/mol. The van der Waals surface area contributed by atoms with Gasteiger partial charge in [-0.05, 0) is 6.92 Å². The van der Waals surface area contributed by atoms with Gasteiger partial charge in [0.1, 0.15) is 16.4 Å². The summed E-state index contributed by atoms with van der Waals surface area (Å²) in [6.07, 6.45) is 0.0766. The Hall–Kier alpha value is -0.990. The average Bonchev–Trinajstić information content (AvgIpc) is 2.66. The molecule has 0 saturated carbocycles. The van der Waals surface area contributed by atoms with Crippen LogP contribution in [-0.2, 0) is 20.6 Å². The predicted octanol–water partition coefficient (Wildman–Crippen LogP) is 1.55. The zero-order chi connectivity index (χ0) is 14.6. The highest BCUT2D eigenvalue weighted by atomic mass is 32.2. The third-order valence-electron chi connectivity index (χ3n) is 2.39. The highest BCUT2D eigenvalue weighted by molar-refractivity contribution is 7.98. The second-order valence-electron chi connectivity index (χ2n) is 4.12. The largest absolute Gasteiger partial charge is 0.481 e. The van der Waals surface area contributed by atoms with Crippen molar-refractivity contribution in [2.75, 3.05) is 19.8 Å². The number of thioether (sulfide) groups is 1. The van der Waals surface area contributed by atoms with Crippen molar-refractivity contribution >= 4 is 27.8 Å². The molecule has 0 amide bonds. The first-order valence-electron chi connectivity index (χ1n) is 5.56. The van der Waals surface area contributed by atoms with Crippen LogP contribution in [-0.4, -0.2) is 43.6 Å². The van der Waals surface area contributed by atoms with E-state index in [2.05, 4.69) is 0 Å². The molecule has 0 aliphatic heterocycles. The summed E-state index contributed by atoms with van der Waals surface area (Å²) < 4.78 is 30.4. The van der Waals surface area contributed by atoms with Crippen molar-refractivity contribution < 1.29 is 22.7 Å². The van der Waals surface area contributed by atoms with E-state index in [-0.39, 0.29) is 11.3 Å². The number of carboxylic acids is 1. The minimum absolute atomic E-state index is 0.0766. The van der Waals surface area contributed by atoms with Crippen LogP contribution in [0.2, 0.25) is 0 Å². The summed E-state index contributed by atoms with van der Waals surface area (Å²) in [5.74, 6) is 0.955. The lowest BCUT2D eigenvalue weighted by atomic mass is 10.4. The molecule has 108 valence electrons. The van der Waals surface area contributed by atoms with E-state index in [0.717, 1.165) is 4.31 Å². The van der Waals surface area contributed by atoms with E-state index < -0.39 is 16.0 Å². The van der Waals surface area contributed by atoms with Crippen LogP contribution in [0.3, 0.4) is 0 Å². The second kappa shape index (κ2) is 6.44. The molecule has 1 rings (SSSR count). The van der Waals surface area contributed by atoms with Crippen LogP contribution in [0.1, 0.15) is 17.9 Å². The van der Waals surface area contributed by atoms with E-state index in [9.17, 15) is 13.2 Å². The fraction of sp³-hybridized carbons (Fsp3) is 0.545. The summed E-state index contributed by atoms with van der Waals surface area (Å²) in [7, 11) is -0.572. The highest BCUT2D eigenvalue weighted by Gasteiger charge is 2.23. The molecule has 0 spiro atoms. The van der Waals surface area contributed by atoms with Crippen LogP contribution in [0.15, 0.2) is 15.4 Å². The van der Waals surface area contributed by atoms with E-state index in [1.165, 1.54) is 31.9 Å². The Morgan fingerprint density at radius 2 is 2.11 bits per heavy atom. The second-order valence-corrected chi connectivity index (χ2v) is 7.34. The minimum atomic E-state index is -3.49. The van der Waals surface area contributed by atoms with Crippen LogP contribution in [0.4, 0.5) is 0 Å². The smallest absolute Gasteiger partial charge is 0.304 e. The average molecular weight is 307 g/mol. The van der Waals surface area contributed by atoms with Crippen molar-refractivity contribution in [2.24, 2.45) is 0 Å². The van der Waals surface area contributed by atoms with Gasteiger partial charge in [-0.3, -0.25) is 4.79 Å². The third-order valence-corrected chi connectivity index (χ3v) is 5.29. The molecule has 0 unspecified atom stereocenters. The lowest BCUT2D eigenvalue weighted by Crippen LogP contribution is -2.22. The van der Waals surface area contributed by atoms with Crippen LogP contribution in [0.25, 0.3) is 0 Å². The number of hydrogen-bond acceptors (Lipinski definition) is 5. The molecule has 0 fully saturated rings. The van der Waals surface area contributed by atoms with Crippen molar-refractivity contribution in [3.8, 4) is 0 Å². The Bertz CT molecular complexity index is 547. The number of rotatable bonds is 7. The third kappa shape index (κ3) is 4.26. The number of carboxylic acid groups (broad SMARTS) is 1. The van der Waals surface area contributed by atoms with Gasteiger partial charge in [0.25, 0.3) is 0 Å². The molecule has 8 heteroatoms.